The summed E-state index contributed by atoms with van der Waals surface area (Å²) in [5.41, 5.74) is 1.93. The third-order valence-electron chi connectivity index (χ3n) is 5.78. The Labute approximate surface area is 209 Å². The summed E-state index contributed by atoms with van der Waals surface area (Å²) in [4.78, 5) is 40.0. The molecule has 4 rings (SSSR count). The van der Waals surface area contributed by atoms with E-state index in [0.29, 0.717) is 33.9 Å². The first-order valence-electron chi connectivity index (χ1n) is 11.1. The second-order valence-corrected chi connectivity index (χ2v) is 7.97. The zero-order chi connectivity index (χ0) is 25.7. The van der Waals surface area contributed by atoms with E-state index in [0.717, 1.165) is 0 Å². The number of methoxy groups -OCH3 is 3. The number of carbonyl (C=O) groups is 3. The summed E-state index contributed by atoms with van der Waals surface area (Å²) in [7, 11) is 4.63. The standard InChI is InChI=1S/C30H24O6/c1-34-25-10-4-19(5-11-25)28(31)22-16-23(29(32)20-6-12-26(35-2)13-7-20)18-24(17-22)30(33)21-8-14-27(36-3)15-9-21/h4-18H,1-3H3. The van der Waals surface area contributed by atoms with E-state index in [1.807, 2.05) is 0 Å². The lowest BCUT2D eigenvalue weighted by Gasteiger charge is -2.10. The Morgan fingerprint density at radius 1 is 0.389 bits per heavy atom. The van der Waals surface area contributed by atoms with Crippen LogP contribution >= 0.6 is 0 Å². The molecule has 0 aliphatic carbocycles. The highest BCUT2D eigenvalue weighted by atomic mass is 16.5. The van der Waals surface area contributed by atoms with Gasteiger partial charge in [-0.15, -0.1) is 0 Å². The van der Waals surface area contributed by atoms with Gasteiger partial charge in [-0.1, -0.05) is 0 Å². The first-order chi connectivity index (χ1) is 17.4. The molecule has 6 nitrogen and oxygen atoms in total. The Bertz CT molecular complexity index is 1210. The van der Waals surface area contributed by atoms with Gasteiger partial charge in [0.05, 0.1) is 21.3 Å². The van der Waals surface area contributed by atoms with Crippen LogP contribution in [0.5, 0.6) is 17.2 Å². The smallest absolute Gasteiger partial charge is 0.193 e. The molecule has 0 N–H and O–H groups in total. The number of hydrogen-bond donors (Lipinski definition) is 0. The zero-order valence-electron chi connectivity index (χ0n) is 20.1. The minimum atomic E-state index is -0.314. The van der Waals surface area contributed by atoms with Crippen LogP contribution in [0.3, 0.4) is 0 Å². The lowest BCUT2D eigenvalue weighted by atomic mass is 9.92. The van der Waals surface area contributed by atoms with Gasteiger partial charge in [0.1, 0.15) is 17.2 Å². The lowest BCUT2D eigenvalue weighted by molar-refractivity contribution is 0.103. The number of benzene rings is 4. The van der Waals surface area contributed by atoms with E-state index in [4.69, 9.17) is 14.2 Å². The lowest BCUT2D eigenvalue weighted by Crippen LogP contribution is -2.10. The third-order valence-corrected chi connectivity index (χ3v) is 5.78. The number of carbonyl (C=O) groups excluding carboxylic acids is 3. The van der Waals surface area contributed by atoms with Gasteiger partial charge in [0, 0.05) is 33.4 Å². The summed E-state index contributed by atoms with van der Waals surface area (Å²) in [6.07, 6.45) is 0. The molecule has 0 fully saturated rings. The summed E-state index contributed by atoms with van der Waals surface area (Å²) in [6, 6.07) is 24.5. The van der Waals surface area contributed by atoms with Crippen LogP contribution in [0.25, 0.3) is 0 Å². The van der Waals surface area contributed by atoms with Gasteiger partial charge in [-0.25, -0.2) is 0 Å². The van der Waals surface area contributed by atoms with Crippen molar-refractivity contribution >= 4 is 17.3 Å². The molecular weight excluding hydrogens is 456 g/mol. The fraction of sp³-hybridized carbons (Fsp3) is 0.100. The molecule has 4 aromatic carbocycles. The van der Waals surface area contributed by atoms with Gasteiger partial charge in [0.15, 0.2) is 17.3 Å². The van der Waals surface area contributed by atoms with Gasteiger partial charge in [0.2, 0.25) is 0 Å². The van der Waals surface area contributed by atoms with Gasteiger partial charge < -0.3 is 14.2 Å². The van der Waals surface area contributed by atoms with E-state index >= 15 is 0 Å². The van der Waals surface area contributed by atoms with Gasteiger partial charge >= 0.3 is 0 Å². The van der Waals surface area contributed by atoms with Crippen molar-refractivity contribution in [1.82, 2.24) is 0 Å². The van der Waals surface area contributed by atoms with Crippen molar-refractivity contribution in [2.24, 2.45) is 0 Å². The van der Waals surface area contributed by atoms with Crippen molar-refractivity contribution < 1.29 is 28.6 Å². The van der Waals surface area contributed by atoms with E-state index in [1.165, 1.54) is 18.2 Å². The topological polar surface area (TPSA) is 78.9 Å². The molecule has 0 unspecified atom stereocenters. The molecule has 0 saturated carbocycles. The molecule has 0 saturated heterocycles. The van der Waals surface area contributed by atoms with Crippen LogP contribution in [0, 0.1) is 0 Å². The van der Waals surface area contributed by atoms with E-state index in [2.05, 4.69) is 0 Å². The van der Waals surface area contributed by atoms with Crippen LogP contribution in [0.1, 0.15) is 47.8 Å². The molecule has 0 atom stereocenters. The maximum atomic E-state index is 13.3. The molecule has 4 aromatic rings. The van der Waals surface area contributed by atoms with Crippen LogP contribution in [0.15, 0.2) is 91.0 Å². The highest BCUT2D eigenvalue weighted by Gasteiger charge is 2.19. The van der Waals surface area contributed by atoms with Crippen LogP contribution in [0.4, 0.5) is 0 Å². The monoisotopic (exact) mass is 480 g/mol. The Morgan fingerprint density at radius 2 is 0.611 bits per heavy atom. The molecule has 0 amide bonds. The fourth-order valence-corrected chi connectivity index (χ4v) is 3.75. The second kappa shape index (κ2) is 10.7. The molecule has 180 valence electrons. The quantitative estimate of drug-likeness (QED) is 0.298. The van der Waals surface area contributed by atoms with E-state index in [1.54, 1.807) is 94.1 Å². The molecule has 0 heterocycles. The van der Waals surface area contributed by atoms with Crippen LogP contribution in [-0.4, -0.2) is 38.7 Å². The Hall–Kier alpha value is -4.71. The first-order valence-corrected chi connectivity index (χ1v) is 11.1. The summed E-state index contributed by atoms with van der Waals surface area (Å²) in [5, 5.41) is 0. The normalized spacial score (nSPS) is 10.4. The van der Waals surface area contributed by atoms with Crippen molar-refractivity contribution in [3.63, 3.8) is 0 Å². The SMILES string of the molecule is COc1ccc(C(=O)c2cc(C(=O)c3ccc(OC)cc3)cc(C(=O)c3ccc(OC)cc3)c2)cc1. The van der Waals surface area contributed by atoms with Gasteiger partial charge in [0.25, 0.3) is 0 Å². The zero-order valence-corrected chi connectivity index (χ0v) is 20.1. The average molecular weight is 481 g/mol. The Morgan fingerprint density at radius 3 is 0.806 bits per heavy atom. The maximum absolute atomic E-state index is 13.3. The molecular formula is C30H24O6. The van der Waals surface area contributed by atoms with Crippen molar-refractivity contribution in [3.05, 3.63) is 124 Å². The Kier molecular flexibility index (Phi) is 7.25. The number of ether oxygens (including phenoxy) is 3. The first kappa shape index (κ1) is 24.4. The summed E-state index contributed by atoms with van der Waals surface area (Å²) < 4.78 is 15.5. The predicted octanol–water partition coefficient (Wildman–Crippen LogP) is 5.41. The predicted molar refractivity (Wildman–Crippen MR) is 136 cm³/mol. The molecule has 0 aliphatic heterocycles. The van der Waals surface area contributed by atoms with Crippen molar-refractivity contribution in [2.75, 3.05) is 21.3 Å². The van der Waals surface area contributed by atoms with Crippen LogP contribution < -0.4 is 14.2 Å². The van der Waals surface area contributed by atoms with Crippen molar-refractivity contribution in [2.45, 2.75) is 0 Å². The minimum Gasteiger partial charge on any atom is -0.497 e. The average Bonchev–Trinajstić information content (AvgIpc) is 2.95. The van der Waals surface area contributed by atoms with Crippen LogP contribution in [0.2, 0.25) is 0 Å². The molecule has 0 spiro atoms. The summed E-state index contributed by atoms with van der Waals surface area (Å²) in [6.45, 7) is 0. The second-order valence-electron chi connectivity index (χ2n) is 7.97. The highest BCUT2D eigenvalue weighted by molar-refractivity contribution is 6.17. The minimum absolute atomic E-state index is 0.233. The molecule has 0 aliphatic rings. The summed E-state index contributed by atoms with van der Waals surface area (Å²) in [5.74, 6) is 0.906. The fourth-order valence-electron chi connectivity index (χ4n) is 3.75. The molecule has 36 heavy (non-hydrogen) atoms. The Balaban J connectivity index is 1.78. The van der Waals surface area contributed by atoms with Gasteiger partial charge in [-0.3, -0.25) is 14.4 Å². The van der Waals surface area contributed by atoms with Gasteiger partial charge in [-0.05, 0) is 91.0 Å². The number of ketones is 3. The summed E-state index contributed by atoms with van der Waals surface area (Å²) >= 11 is 0. The molecule has 0 aromatic heterocycles. The van der Waals surface area contributed by atoms with E-state index in [9.17, 15) is 14.4 Å². The maximum Gasteiger partial charge on any atom is 0.193 e. The molecule has 6 heteroatoms. The van der Waals surface area contributed by atoms with Crippen molar-refractivity contribution in [1.29, 1.82) is 0 Å². The van der Waals surface area contributed by atoms with Crippen LogP contribution in [-0.2, 0) is 0 Å². The van der Waals surface area contributed by atoms with E-state index < -0.39 is 0 Å². The third kappa shape index (κ3) is 5.18. The van der Waals surface area contributed by atoms with E-state index in [-0.39, 0.29) is 34.0 Å². The molecule has 0 radical (unpaired) electrons. The molecule has 0 bridgehead atoms. The largest absolute Gasteiger partial charge is 0.497 e. The number of rotatable bonds is 9. The number of hydrogen-bond acceptors (Lipinski definition) is 6. The van der Waals surface area contributed by atoms with Gasteiger partial charge in [-0.2, -0.15) is 0 Å². The highest BCUT2D eigenvalue weighted by Crippen LogP contribution is 2.23. The van der Waals surface area contributed by atoms with Crippen molar-refractivity contribution in [3.8, 4) is 17.2 Å².